The minimum Gasteiger partial charge on any atom is -0.320 e. The van der Waals surface area contributed by atoms with Crippen molar-refractivity contribution < 1.29 is 14.4 Å². The molecule has 3 N–H and O–H groups in total. The van der Waals surface area contributed by atoms with Crippen molar-refractivity contribution in [3.63, 3.8) is 0 Å². The average molecular weight is 252 g/mol. The zero-order valence-corrected chi connectivity index (χ0v) is 8.98. The molecule has 0 radical (unpaired) electrons. The number of aromatic nitrogens is 2. The molecule has 0 spiro atoms. The molecule has 1 aliphatic rings. The zero-order chi connectivity index (χ0) is 13.3. The fourth-order valence-electron chi connectivity index (χ4n) is 1.52. The summed E-state index contributed by atoms with van der Waals surface area (Å²) in [5.41, 5.74) is -1.96. The van der Waals surface area contributed by atoms with Crippen LogP contribution in [0.5, 0.6) is 0 Å². The van der Waals surface area contributed by atoms with Crippen LogP contribution in [-0.2, 0) is 9.59 Å². The Balaban J connectivity index is 2.31. The van der Waals surface area contributed by atoms with Gasteiger partial charge in [0, 0.05) is 6.20 Å². The lowest BCUT2D eigenvalue weighted by atomic mass is 10.2. The number of aromatic amines is 2. The number of nitrogens with one attached hydrogen (secondary N) is 3. The number of hydrogen-bond acceptors (Lipinski definition) is 5. The van der Waals surface area contributed by atoms with Crippen LogP contribution in [0.4, 0.5) is 0 Å². The molecule has 1 aromatic rings. The molecule has 2 rings (SSSR count). The van der Waals surface area contributed by atoms with Gasteiger partial charge in [0.2, 0.25) is 11.8 Å². The predicted molar refractivity (Wildman–Crippen MR) is 56.7 cm³/mol. The summed E-state index contributed by atoms with van der Waals surface area (Å²) in [7, 11) is 0. The third-order valence-corrected chi connectivity index (χ3v) is 2.28. The maximum Gasteiger partial charge on any atom is 0.325 e. The Kier molecular flexibility index (Phi) is 2.80. The standard InChI is InChI=1S/C9H8N4O5/c14-5-2-13(3-6(15)11-5)8(17)4-1-10-9(18)12-7(4)16/h1H,2-3H2,(H,11,14,15)(H2,10,12,16,18). The van der Waals surface area contributed by atoms with Gasteiger partial charge < -0.3 is 9.88 Å². The Morgan fingerprint density at radius 2 is 1.72 bits per heavy atom. The number of H-pyrrole nitrogens is 2. The molecule has 0 saturated carbocycles. The van der Waals surface area contributed by atoms with E-state index in [9.17, 15) is 24.0 Å². The molecular formula is C9H8N4O5. The van der Waals surface area contributed by atoms with E-state index in [1.54, 1.807) is 0 Å². The molecule has 2 heterocycles. The lowest BCUT2D eigenvalue weighted by Crippen LogP contribution is -2.54. The molecular weight excluding hydrogens is 244 g/mol. The first-order valence-corrected chi connectivity index (χ1v) is 4.91. The van der Waals surface area contributed by atoms with Crippen LogP contribution in [0, 0.1) is 0 Å². The van der Waals surface area contributed by atoms with Crippen molar-refractivity contribution in [1.29, 1.82) is 0 Å². The summed E-state index contributed by atoms with van der Waals surface area (Å²) in [5.74, 6) is -2.04. The second-order valence-electron chi connectivity index (χ2n) is 3.62. The normalized spacial score (nSPS) is 15.4. The summed E-state index contributed by atoms with van der Waals surface area (Å²) >= 11 is 0. The molecule has 1 fully saturated rings. The Bertz CT molecular complexity index is 627. The van der Waals surface area contributed by atoms with Crippen molar-refractivity contribution in [3.05, 3.63) is 32.6 Å². The average Bonchev–Trinajstić information content (AvgIpc) is 2.26. The van der Waals surface area contributed by atoms with Gasteiger partial charge >= 0.3 is 5.69 Å². The first kappa shape index (κ1) is 11.8. The Morgan fingerprint density at radius 3 is 2.28 bits per heavy atom. The fourth-order valence-corrected chi connectivity index (χ4v) is 1.52. The van der Waals surface area contributed by atoms with Gasteiger partial charge in [-0.3, -0.25) is 29.5 Å². The molecule has 0 atom stereocenters. The SMILES string of the molecule is O=C1CN(C(=O)c2c[nH]c(=O)[nH]c2=O)CC(=O)N1. The van der Waals surface area contributed by atoms with Gasteiger partial charge in [-0.2, -0.15) is 0 Å². The highest BCUT2D eigenvalue weighted by Crippen LogP contribution is 2.00. The molecule has 0 unspecified atom stereocenters. The maximum absolute atomic E-state index is 11.9. The second kappa shape index (κ2) is 4.28. The Morgan fingerprint density at radius 1 is 1.11 bits per heavy atom. The van der Waals surface area contributed by atoms with Crippen LogP contribution in [0.15, 0.2) is 15.8 Å². The van der Waals surface area contributed by atoms with E-state index in [0.29, 0.717) is 0 Å². The fraction of sp³-hybridized carbons (Fsp3) is 0.222. The third-order valence-electron chi connectivity index (χ3n) is 2.28. The number of amides is 3. The highest BCUT2D eigenvalue weighted by molar-refractivity contribution is 6.05. The number of hydrogen-bond donors (Lipinski definition) is 3. The number of carbonyl (C=O) groups excluding carboxylic acids is 3. The van der Waals surface area contributed by atoms with Crippen molar-refractivity contribution in [2.45, 2.75) is 0 Å². The third kappa shape index (κ3) is 2.19. The lowest BCUT2D eigenvalue weighted by Gasteiger charge is -2.24. The van der Waals surface area contributed by atoms with Crippen LogP contribution in [0.2, 0.25) is 0 Å². The van der Waals surface area contributed by atoms with Gasteiger partial charge in [0.15, 0.2) is 0 Å². The number of carbonyl (C=O) groups is 3. The highest BCUT2D eigenvalue weighted by Gasteiger charge is 2.28. The zero-order valence-electron chi connectivity index (χ0n) is 8.98. The smallest absolute Gasteiger partial charge is 0.320 e. The highest BCUT2D eigenvalue weighted by atomic mass is 16.2. The molecule has 0 aromatic carbocycles. The van der Waals surface area contributed by atoms with E-state index in [1.165, 1.54) is 0 Å². The molecule has 0 aliphatic carbocycles. The molecule has 3 amide bonds. The van der Waals surface area contributed by atoms with Crippen molar-refractivity contribution in [3.8, 4) is 0 Å². The summed E-state index contributed by atoms with van der Waals surface area (Å²) < 4.78 is 0. The van der Waals surface area contributed by atoms with Crippen LogP contribution in [0.25, 0.3) is 0 Å². The molecule has 0 bridgehead atoms. The number of imide groups is 1. The first-order chi connectivity index (χ1) is 8.47. The van der Waals surface area contributed by atoms with E-state index >= 15 is 0 Å². The molecule has 1 saturated heterocycles. The minimum absolute atomic E-state index is 0.316. The van der Waals surface area contributed by atoms with E-state index in [2.05, 4.69) is 4.98 Å². The summed E-state index contributed by atoms with van der Waals surface area (Å²) in [4.78, 5) is 61.2. The van der Waals surface area contributed by atoms with Crippen molar-refractivity contribution in [2.24, 2.45) is 0 Å². The molecule has 1 aliphatic heterocycles. The van der Waals surface area contributed by atoms with E-state index in [-0.39, 0.29) is 18.7 Å². The van der Waals surface area contributed by atoms with Gasteiger partial charge in [0.25, 0.3) is 11.5 Å². The number of nitrogens with zero attached hydrogens (tertiary/aromatic N) is 1. The van der Waals surface area contributed by atoms with E-state index in [0.717, 1.165) is 11.1 Å². The van der Waals surface area contributed by atoms with E-state index in [1.807, 2.05) is 10.3 Å². The Hall–Kier alpha value is -2.71. The summed E-state index contributed by atoms with van der Waals surface area (Å²) in [6.45, 7) is -0.633. The molecule has 1 aromatic heterocycles. The quantitative estimate of drug-likeness (QED) is 0.463. The molecule has 9 nitrogen and oxygen atoms in total. The summed E-state index contributed by atoms with van der Waals surface area (Å²) in [6, 6.07) is 0. The van der Waals surface area contributed by atoms with Gasteiger partial charge in [0.05, 0.1) is 0 Å². The van der Waals surface area contributed by atoms with Crippen LogP contribution in [0.1, 0.15) is 10.4 Å². The number of rotatable bonds is 1. The number of piperazine rings is 1. The van der Waals surface area contributed by atoms with Gasteiger partial charge in [-0.25, -0.2) is 4.79 Å². The van der Waals surface area contributed by atoms with Crippen molar-refractivity contribution in [1.82, 2.24) is 20.2 Å². The first-order valence-electron chi connectivity index (χ1n) is 4.91. The monoisotopic (exact) mass is 252 g/mol. The van der Waals surface area contributed by atoms with Gasteiger partial charge in [0.1, 0.15) is 18.7 Å². The van der Waals surface area contributed by atoms with Crippen LogP contribution in [-0.4, -0.2) is 45.7 Å². The summed E-state index contributed by atoms with van der Waals surface area (Å²) in [5, 5.41) is 2.02. The summed E-state index contributed by atoms with van der Waals surface area (Å²) in [6.07, 6.45) is 0.945. The van der Waals surface area contributed by atoms with Gasteiger partial charge in [-0.05, 0) is 0 Å². The minimum atomic E-state index is -0.873. The second-order valence-corrected chi connectivity index (χ2v) is 3.62. The largest absolute Gasteiger partial charge is 0.325 e. The van der Waals surface area contributed by atoms with Crippen molar-refractivity contribution in [2.75, 3.05) is 13.1 Å². The lowest BCUT2D eigenvalue weighted by molar-refractivity contribution is -0.135. The molecule has 9 heteroatoms. The predicted octanol–water partition coefficient (Wildman–Crippen LogP) is -2.84. The van der Waals surface area contributed by atoms with Crippen LogP contribution in [0.3, 0.4) is 0 Å². The molecule has 18 heavy (non-hydrogen) atoms. The van der Waals surface area contributed by atoms with Gasteiger partial charge in [-0.1, -0.05) is 0 Å². The topological polar surface area (TPSA) is 132 Å². The van der Waals surface area contributed by atoms with Crippen LogP contribution >= 0.6 is 0 Å². The van der Waals surface area contributed by atoms with E-state index in [4.69, 9.17) is 0 Å². The van der Waals surface area contributed by atoms with Crippen molar-refractivity contribution >= 4 is 17.7 Å². The van der Waals surface area contributed by atoms with Crippen LogP contribution < -0.4 is 16.6 Å². The Labute approximate surface area is 98.8 Å². The molecule has 94 valence electrons. The van der Waals surface area contributed by atoms with Gasteiger partial charge in [-0.15, -0.1) is 0 Å². The maximum atomic E-state index is 11.9. The van der Waals surface area contributed by atoms with E-state index < -0.39 is 29.0 Å².